The number of benzene rings is 2. The number of anilines is 2. The van der Waals surface area contributed by atoms with Crippen LogP contribution in [0.4, 0.5) is 11.5 Å². The van der Waals surface area contributed by atoms with E-state index in [1.807, 2.05) is 66.7 Å². The smallest absolute Gasteiger partial charge is 0.276 e. The standard InChI is InChI=1S/C28H24N6O3/c35-28(31-21-7-9-26(30-17-21)34-10-12-36-13-11-34)27-24-15-19(6-8-25(24)32-33-27)20-14-23(18-29-16-20)37-22-4-2-1-3-5-22/h1-9,14-18H,10-13H2,(H,31,35)(H,32,33). The molecule has 6 rings (SSSR count). The molecule has 5 aromatic rings. The summed E-state index contributed by atoms with van der Waals surface area (Å²) < 4.78 is 11.3. The maximum atomic E-state index is 13.1. The SMILES string of the molecule is O=C(Nc1ccc(N2CCOCC2)nc1)c1n[nH]c2ccc(-c3cncc(Oc4ccccc4)c3)cc12. The molecule has 1 amide bonds. The molecule has 9 nitrogen and oxygen atoms in total. The highest BCUT2D eigenvalue weighted by molar-refractivity contribution is 6.11. The van der Waals surface area contributed by atoms with Crippen LogP contribution in [0.5, 0.6) is 11.5 Å². The second kappa shape index (κ2) is 10.1. The molecule has 1 aliphatic rings. The summed E-state index contributed by atoms with van der Waals surface area (Å²) in [4.78, 5) is 24.1. The molecule has 2 aromatic carbocycles. The Morgan fingerprint density at radius 2 is 1.78 bits per heavy atom. The Hall–Kier alpha value is -4.76. The van der Waals surface area contributed by atoms with E-state index < -0.39 is 0 Å². The minimum Gasteiger partial charge on any atom is -0.456 e. The number of aromatic nitrogens is 4. The van der Waals surface area contributed by atoms with E-state index in [-0.39, 0.29) is 5.91 Å². The van der Waals surface area contributed by atoms with E-state index in [9.17, 15) is 4.79 Å². The monoisotopic (exact) mass is 492 g/mol. The van der Waals surface area contributed by atoms with Gasteiger partial charge in [-0.1, -0.05) is 24.3 Å². The first-order chi connectivity index (χ1) is 18.2. The van der Waals surface area contributed by atoms with Gasteiger partial charge in [-0.05, 0) is 48.0 Å². The predicted molar refractivity (Wildman–Crippen MR) is 141 cm³/mol. The Morgan fingerprint density at radius 3 is 2.59 bits per heavy atom. The second-order valence-electron chi connectivity index (χ2n) is 8.62. The van der Waals surface area contributed by atoms with Gasteiger partial charge in [0, 0.05) is 30.2 Å². The number of para-hydroxylation sites is 1. The first-order valence-corrected chi connectivity index (χ1v) is 12.0. The number of morpholine rings is 1. The summed E-state index contributed by atoms with van der Waals surface area (Å²) in [6, 6.07) is 21.0. The van der Waals surface area contributed by atoms with Gasteiger partial charge < -0.3 is 19.7 Å². The number of nitrogens with one attached hydrogen (secondary N) is 2. The minimum absolute atomic E-state index is 0.304. The van der Waals surface area contributed by atoms with E-state index in [1.165, 1.54) is 0 Å². The highest BCUT2D eigenvalue weighted by atomic mass is 16.5. The normalized spacial score (nSPS) is 13.5. The number of amides is 1. The predicted octanol–water partition coefficient (Wildman–Crippen LogP) is 4.90. The van der Waals surface area contributed by atoms with Gasteiger partial charge in [0.05, 0.1) is 36.8 Å². The van der Waals surface area contributed by atoms with E-state index in [1.54, 1.807) is 18.6 Å². The maximum absolute atomic E-state index is 13.1. The largest absolute Gasteiger partial charge is 0.456 e. The molecule has 184 valence electrons. The number of rotatable bonds is 6. The molecule has 2 N–H and O–H groups in total. The summed E-state index contributed by atoms with van der Waals surface area (Å²) >= 11 is 0. The van der Waals surface area contributed by atoms with E-state index >= 15 is 0 Å². The van der Waals surface area contributed by atoms with Crippen molar-refractivity contribution in [2.45, 2.75) is 0 Å². The molecule has 9 heteroatoms. The van der Waals surface area contributed by atoms with E-state index in [2.05, 4.69) is 30.4 Å². The molecule has 1 aliphatic heterocycles. The van der Waals surface area contributed by atoms with Gasteiger partial charge in [0.2, 0.25) is 0 Å². The van der Waals surface area contributed by atoms with Gasteiger partial charge in [0.25, 0.3) is 5.91 Å². The van der Waals surface area contributed by atoms with Crippen LogP contribution in [0.1, 0.15) is 10.5 Å². The van der Waals surface area contributed by atoms with Gasteiger partial charge in [-0.3, -0.25) is 14.9 Å². The second-order valence-corrected chi connectivity index (χ2v) is 8.62. The van der Waals surface area contributed by atoms with Crippen molar-refractivity contribution in [2.75, 3.05) is 36.5 Å². The fourth-order valence-electron chi connectivity index (χ4n) is 4.25. The zero-order chi connectivity index (χ0) is 25.0. The number of carbonyl (C=O) groups is 1. The van der Waals surface area contributed by atoms with Crippen LogP contribution < -0.4 is 15.0 Å². The lowest BCUT2D eigenvalue weighted by atomic mass is 10.0. The Kier molecular flexibility index (Phi) is 6.18. The third-order valence-electron chi connectivity index (χ3n) is 6.14. The molecule has 3 aromatic heterocycles. The van der Waals surface area contributed by atoms with Gasteiger partial charge in [-0.25, -0.2) is 4.98 Å². The Labute approximate surface area is 213 Å². The molecule has 4 heterocycles. The number of hydrogen-bond acceptors (Lipinski definition) is 7. The molecular weight excluding hydrogens is 468 g/mol. The van der Waals surface area contributed by atoms with Crippen LogP contribution in [0.15, 0.2) is 85.3 Å². The van der Waals surface area contributed by atoms with Crippen molar-refractivity contribution < 1.29 is 14.3 Å². The van der Waals surface area contributed by atoms with Crippen molar-refractivity contribution in [3.8, 4) is 22.6 Å². The van der Waals surface area contributed by atoms with Gasteiger partial charge in [-0.2, -0.15) is 5.10 Å². The quantitative estimate of drug-likeness (QED) is 0.347. The van der Waals surface area contributed by atoms with Gasteiger partial charge >= 0.3 is 0 Å². The molecule has 37 heavy (non-hydrogen) atoms. The number of fused-ring (bicyclic) bond motifs is 1. The van der Waals surface area contributed by atoms with Crippen LogP contribution in [-0.2, 0) is 4.74 Å². The third-order valence-corrected chi connectivity index (χ3v) is 6.14. The van der Waals surface area contributed by atoms with Gasteiger partial charge in [0.1, 0.15) is 17.3 Å². The molecular formula is C28H24N6O3. The lowest BCUT2D eigenvalue weighted by Gasteiger charge is -2.27. The molecule has 0 atom stereocenters. The molecule has 1 saturated heterocycles. The van der Waals surface area contributed by atoms with Crippen molar-refractivity contribution in [3.05, 3.63) is 91.0 Å². The van der Waals surface area contributed by atoms with Crippen LogP contribution in [0.2, 0.25) is 0 Å². The number of H-pyrrole nitrogens is 1. The Balaban J connectivity index is 1.21. The summed E-state index contributed by atoms with van der Waals surface area (Å²) in [6.45, 7) is 2.98. The lowest BCUT2D eigenvalue weighted by Crippen LogP contribution is -2.36. The number of carbonyl (C=O) groups excluding carboxylic acids is 1. The van der Waals surface area contributed by atoms with Gasteiger partial charge in [0.15, 0.2) is 5.69 Å². The first kappa shape index (κ1) is 22.7. The number of pyridine rings is 2. The Bertz CT molecular complexity index is 1530. The van der Waals surface area contributed by atoms with E-state index in [4.69, 9.17) is 9.47 Å². The molecule has 1 fully saturated rings. The summed E-state index contributed by atoms with van der Waals surface area (Å²) in [5, 5.41) is 10.8. The van der Waals surface area contributed by atoms with Crippen LogP contribution in [0, 0.1) is 0 Å². The molecule has 0 saturated carbocycles. The lowest BCUT2D eigenvalue weighted by molar-refractivity contribution is 0.102. The highest BCUT2D eigenvalue weighted by Crippen LogP contribution is 2.29. The average molecular weight is 493 g/mol. The van der Waals surface area contributed by atoms with Crippen molar-refractivity contribution in [2.24, 2.45) is 0 Å². The molecule has 0 spiro atoms. The van der Waals surface area contributed by atoms with Crippen LogP contribution in [0.25, 0.3) is 22.0 Å². The molecule has 0 bridgehead atoms. The topological polar surface area (TPSA) is 105 Å². The molecule has 0 aliphatic carbocycles. The molecule has 0 unspecified atom stereocenters. The minimum atomic E-state index is -0.316. The number of nitrogens with zero attached hydrogens (tertiary/aromatic N) is 4. The van der Waals surface area contributed by atoms with Crippen molar-refractivity contribution >= 4 is 28.3 Å². The van der Waals surface area contributed by atoms with Crippen molar-refractivity contribution in [1.82, 2.24) is 20.2 Å². The number of aromatic amines is 1. The van der Waals surface area contributed by atoms with E-state index in [0.29, 0.717) is 35.7 Å². The third kappa shape index (κ3) is 4.98. The molecule has 0 radical (unpaired) electrons. The fraction of sp³-hybridized carbons (Fsp3) is 0.143. The Morgan fingerprint density at radius 1 is 0.919 bits per heavy atom. The highest BCUT2D eigenvalue weighted by Gasteiger charge is 2.17. The van der Waals surface area contributed by atoms with Gasteiger partial charge in [-0.15, -0.1) is 0 Å². The fourth-order valence-corrected chi connectivity index (χ4v) is 4.25. The van der Waals surface area contributed by atoms with Crippen LogP contribution in [-0.4, -0.2) is 52.4 Å². The average Bonchev–Trinajstić information content (AvgIpc) is 3.38. The number of ether oxygens (including phenoxy) is 2. The zero-order valence-electron chi connectivity index (χ0n) is 19.9. The van der Waals surface area contributed by atoms with Crippen molar-refractivity contribution in [3.63, 3.8) is 0 Å². The zero-order valence-corrected chi connectivity index (χ0v) is 19.9. The summed E-state index contributed by atoms with van der Waals surface area (Å²) in [5.74, 6) is 1.91. The first-order valence-electron chi connectivity index (χ1n) is 12.0. The van der Waals surface area contributed by atoms with Crippen molar-refractivity contribution in [1.29, 1.82) is 0 Å². The summed E-state index contributed by atoms with van der Waals surface area (Å²) in [7, 11) is 0. The van der Waals surface area contributed by atoms with Crippen LogP contribution in [0.3, 0.4) is 0 Å². The summed E-state index contributed by atoms with van der Waals surface area (Å²) in [5.41, 5.74) is 3.43. The maximum Gasteiger partial charge on any atom is 0.276 e. The summed E-state index contributed by atoms with van der Waals surface area (Å²) in [6.07, 6.45) is 5.09. The number of hydrogen-bond donors (Lipinski definition) is 2. The van der Waals surface area contributed by atoms with Crippen LogP contribution >= 0.6 is 0 Å². The van der Waals surface area contributed by atoms with E-state index in [0.717, 1.165) is 41.3 Å².